The van der Waals surface area contributed by atoms with E-state index in [9.17, 15) is 18.0 Å². The molecule has 3 rings (SSSR count). The highest BCUT2D eigenvalue weighted by atomic mass is 19.4. The van der Waals surface area contributed by atoms with Gasteiger partial charge in [0.25, 0.3) is 0 Å². The van der Waals surface area contributed by atoms with Crippen LogP contribution in [0.15, 0.2) is 24.3 Å². The SMILES string of the molecule is O=C(OC(F)(F)F)c1ccc2c(c1)C=CC1CCCCC21. The lowest BCUT2D eigenvalue weighted by Gasteiger charge is -2.33. The monoisotopic (exact) mass is 296 g/mol. The molecule has 1 aromatic carbocycles. The number of allylic oxidation sites excluding steroid dienone is 1. The van der Waals surface area contributed by atoms with Crippen molar-refractivity contribution < 1.29 is 22.7 Å². The highest BCUT2D eigenvalue weighted by molar-refractivity contribution is 5.90. The molecule has 0 saturated heterocycles. The zero-order chi connectivity index (χ0) is 15.0. The van der Waals surface area contributed by atoms with E-state index >= 15 is 0 Å². The molecular weight excluding hydrogens is 281 g/mol. The summed E-state index contributed by atoms with van der Waals surface area (Å²) in [5.41, 5.74) is 1.89. The van der Waals surface area contributed by atoms with Gasteiger partial charge in [-0.1, -0.05) is 31.1 Å². The highest BCUT2D eigenvalue weighted by Gasteiger charge is 2.35. The molecule has 0 spiro atoms. The summed E-state index contributed by atoms with van der Waals surface area (Å²) in [5, 5.41) is 0. The van der Waals surface area contributed by atoms with Crippen LogP contribution in [0.1, 0.15) is 53.1 Å². The quantitative estimate of drug-likeness (QED) is 0.704. The molecule has 1 saturated carbocycles. The van der Waals surface area contributed by atoms with Crippen molar-refractivity contribution in [2.75, 3.05) is 0 Å². The molecule has 0 radical (unpaired) electrons. The van der Waals surface area contributed by atoms with Gasteiger partial charge >= 0.3 is 12.3 Å². The van der Waals surface area contributed by atoms with Crippen LogP contribution in [0.25, 0.3) is 6.08 Å². The Morgan fingerprint density at radius 2 is 1.95 bits per heavy atom. The molecule has 0 amide bonds. The average Bonchev–Trinajstić information content (AvgIpc) is 2.44. The molecule has 0 N–H and O–H groups in total. The summed E-state index contributed by atoms with van der Waals surface area (Å²) in [4.78, 5) is 11.5. The molecule has 2 nitrogen and oxygen atoms in total. The topological polar surface area (TPSA) is 26.3 Å². The molecule has 2 atom stereocenters. The number of benzene rings is 1. The van der Waals surface area contributed by atoms with E-state index in [1.54, 1.807) is 6.07 Å². The lowest BCUT2D eigenvalue weighted by Crippen LogP contribution is -2.21. The molecule has 0 bridgehead atoms. The fourth-order valence-electron chi connectivity index (χ4n) is 3.35. The molecule has 0 heterocycles. The van der Waals surface area contributed by atoms with Gasteiger partial charge in [-0.25, -0.2) is 4.79 Å². The number of alkyl halides is 3. The van der Waals surface area contributed by atoms with Crippen LogP contribution in [-0.4, -0.2) is 12.3 Å². The van der Waals surface area contributed by atoms with Gasteiger partial charge in [0.15, 0.2) is 0 Å². The van der Waals surface area contributed by atoms with Gasteiger partial charge in [-0.05, 0) is 47.9 Å². The van der Waals surface area contributed by atoms with E-state index in [4.69, 9.17) is 0 Å². The third kappa shape index (κ3) is 2.96. The number of ether oxygens (including phenoxy) is 1. The first-order valence-corrected chi connectivity index (χ1v) is 7.06. The Morgan fingerprint density at radius 1 is 1.19 bits per heavy atom. The minimum absolute atomic E-state index is 0.0648. The van der Waals surface area contributed by atoms with Gasteiger partial charge in [-0.3, -0.25) is 0 Å². The second kappa shape index (κ2) is 5.20. The van der Waals surface area contributed by atoms with Gasteiger partial charge in [0.1, 0.15) is 0 Å². The van der Waals surface area contributed by atoms with Crippen molar-refractivity contribution in [2.45, 2.75) is 38.0 Å². The van der Waals surface area contributed by atoms with Crippen LogP contribution < -0.4 is 0 Å². The Bertz CT molecular complexity index is 590. The van der Waals surface area contributed by atoms with Crippen LogP contribution in [-0.2, 0) is 4.74 Å². The van der Waals surface area contributed by atoms with Crippen molar-refractivity contribution in [1.82, 2.24) is 0 Å². The van der Waals surface area contributed by atoms with Gasteiger partial charge in [0, 0.05) is 0 Å². The van der Waals surface area contributed by atoms with Gasteiger partial charge in [0.2, 0.25) is 0 Å². The van der Waals surface area contributed by atoms with E-state index in [2.05, 4.69) is 10.8 Å². The Morgan fingerprint density at radius 3 is 2.71 bits per heavy atom. The summed E-state index contributed by atoms with van der Waals surface area (Å²) in [5.74, 6) is -0.421. The van der Waals surface area contributed by atoms with Gasteiger partial charge < -0.3 is 4.74 Å². The number of esters is 1. The Hall–Kier alpha value is -1.78. The van der Waals surface area contributed by atoms with Crippen LogP contribution in [0, 0.1) is 5.92 Å². The summed E-state index contributed by atoms with van der Waals surface area (Å²) in [6.45, 7) is 0. The first kappa shape index (κ1) is 14.2. The van der Waals surface area contributed by atoms with Crippen molar-refractivity contribution in [3.8, 4) is 0 Å². The second-order valence-electron chi connectivity index (χ2n) is 5.59. The van der Waals surface area contributed by atoms with E-state index in [0.717, 1.165) is 24.0 Å². The molecule has 112 valence electrons. The van der Waals surface area contributed by atoms with Gasteiger partial charge in [-0.2, -0.15) is 0 Å². The minimum Gasteiger partial charge on any atom is -0.369 e. The summed E-state index contributed by atoms with van der Waals surface area (Å²) >= 11 is 0. The lowest BCUT2D eigenvalue weighted by molar-refractivity contribution is -0.291. The fourth-order valence-corrected chi connectivity index (χ4v) is 3.35. The van der Waals surface area contributed by atoms with Crippen molar-refractivity contribution in [2.24, 2.45) is 5.92 Å². The number of halogens is 3. The highest BCUT2D eigenvalue weighted by Crippen LogP contribution is 2.43. The third-order valence-corrected chi connectivity index (χ3v) is 4.27. The van der Waals surface area contributed by atoms with Crippen molar-refractivity contribution >= 4 is 12.0 Å². The van der Waals surface area contributed by atoms with Crippen LogP contribution in [0.2, 0.25) is 0 Å². The van der Waals surface area contributed by atoms with Crippen LogP contribution in [0.5, 0.6) is 0 Å². The summed E-state index contributed by atoms with van der Waals surface area (Å²) in [7, 11) is 0. The van der Waals surface area contributed by atoms with Crippen LogP contribution in [0.4, 0.5) is 13.2 Å². The molecule has 2 unspecified atom stereocenters. The van der Waals surface area contributed by atoms with Crippen molar-refractivity contribution in [3.05, 3.63) is 41.0 Å². The molecule has 21 heavy (non-hydrogen) atoms. The Balaban J connectivity index is 1.87. The molecule has 5 heteroatoms. The van der Waals surface area contributed by atoms with E-state index in [0.29, 0.717) is 11.8 Å². The standard InChI is InChI=1S/C16H15F3O2/c17-16(18,19)21-15(20)12-7-8-14-11(9-12)6-5-10-3-1-2-4-13(10)14/h5-10,13H,1-4H2. The molecule has 1 fully saturated rings. The number of hydrogen-bond acceptors (Lipinski definition) is 2. The first-order valence-electron chi connectivity index (χ1n) is 7.06. The maximum atomic E-state index is 12.1. The van der Waals surface area contributed by atoms with E-state index < -0.39 is 12.3 Å². The summed E-state index contributed by atoms with van der Waals surface area (Å²) in [6, 6.07) is 4.69. The van der Waals surface area contributed by atoms with Crippen LogP contribution in [0.3, 0.4) is 0 Å². The zero-order valence-electron chi connectivity index (χ0n) is 11.3. The smallest absolute Gasteiger partial charge is 0.369 e. The largest absolute Gasteiger partial charge is 0.575 e. The Labute approximate surface area is 120 Å². The van der Waals surface area contributed by atoms with Gasteiger partial charge in [0.05, 0.1) is 5.56 Å². The number of carbonyl (C=O) groups excluding carboxylic acids is 1. The molecular formula is C16H15F3O2. The number of hydrogen-bond donors (Lipinski definition) is 0. The predicted octanol–water partition coefficient (Wildman–Crippen LogP) is 4.66. The van der Waals surface area contributed by atoms with Crippen molar-refractivity contribution in [1.29, 1.82) is 0 Å². The van der Waals surface area contributed by atoms with E-state index in [-0.39, 0.29) is 5.56 Å². The Kier molecular flexibility index (Phi) is 3.51. The first-order chi connectivity index (χ1) is 9.94. The maximum Gasteiger partial charge on any atom is 0.575 e. The molecule has 0 aliphatic heterocycles. The predicted molar refractivity (Wildman–Crippen MR) is 71.6 cm³/mol. The van der Waals surface area contributed by atoms with E-state index in [1.807, 2.05) is 6.08 Å². The number of carbonyl (C=O) groups is 1. The maximum absolute atomic E-state index is 12.1. The number of fused-ring (bicyclic) bond motifs is 3. The fraction of sp³-hybridized carbons (Fsp3) is 0.438. The van der Waals surface area contributed by atoms with Crippen LogP contribution >= 0.6 is 0 Å². The second-order valence-corrected chi connectivity index (χ2v) is 5.59. The molecule has 1 aromatic rings. The molecule has 0 aromatic heterocycles. The average molecular weight is 296 g/mol. The summed E-state index contributed by atoms with van der Waals surface area (Å²) < 4.78 is 39.7. The summed E-state index contributed by atoms with van der Waals surface area (Å²) in [6.07, 6.45) is 3.71. The third-order valence-electron chi connectivity index (χ3n) is 4.27. The van der Waals surface area contributed by atoms with Crippen molar-refractivity contribution in [3.63, 3.8) is 0 Å². The number of rotatable bonds is 1. The zero-order valence-corrected chi connectivity index (χ0v) is 11.3. The molecule has 2 aliphatic carbocycles. The van der Waals surface area contributed by atoms with Gasteiger partial charge in [-0.15, -0.1) is 13.2 Å². The minimum atomic E-state index is -4.95. The molecule has 2 aliphatic rings. The van der Waals surface area contributed by atoms with E-state index in [1.165, 1.54) is 25.0 Å². The normalized spacial score (nSPS) is 24.1. The lowest BCUT2D eigenvalue weighted by atomic mass is 9.71.